The molecule has 0 unspecified atom stereocenters. The number of halogens is 1. The minimum atomic E-state index is -0.303. The van der Waals surface area contributed by atoms with Crippen LogP contribution in [0, 0.1) is 17.7 Å². The average molecular weight is 404 g/mol. The summed E-state index contributed by atoms with van der Waals surface area (Å²) in [6.45, 7) is 9.26. The molecule has 8 heteroatoms. The molecular formula is C20H26FN5OS. The molecule has 0 saturated carbocycles. The molecule has 2 aromatic heterocycles. The molecule has 0 aliphatic carbocycles. The summed E-state index contributed by atoms with van der Waals surface area (Å²) < 4.78 is 21.6. The van der Waals surface area contributed by atoms with Crippen molar-refractivity contribution in [3.8, 4) is 11.4 Å². The highest BCUT2D eigenvalue weighted by Gasteiger charge is 2.19. The maximum absolute atomic E-state index is 14.3. The van der Waals surface area contributed by atoms with Gasteiger partial charge in [0.1, 0.15) is 5.82 Å². The molecule has 0 aliphatic rings. The summed E-state index contributed by atoms with van der Waals surface area (Å²) in [6.07, 6.45) is 1.84. The van der Waals surface area contributed by atoms with Crippen LogP contribution in [0.5, 0.6) is 0 Å². The zero-order valence-corrected chi connectivity index (χ0v) is 17.5. The molecule has 1 aromatic carbocycles. The molecule has 0 radical (unpaired) electrons. The summed E-state index contributed by atoms with van der Waals surface area (Å²) in [5.41, 5.74) is 0.455. The summed E-state index contributed by atoms with van der Waals surface area (Å²) in [4.78, 5) is 4.45. The first-order chi connectivity index (χ1) is 13.4. The van der Waals surface area contributed by atoms with Gasteiger partial charge in [-0.15, -0.1) is 10.2 Å². The zero-order chi connectivity index (χ0) is 20.1. The van der Waals surface area contributed by atoms with Crippen LogP contribution < -0.4 is 0 Å². The van der Waals surface area contributed by atoms with Crippen molar-refractivity contribution in [3.05, 3.63) is 41.8 Å². The second-order valence-electron chi connectivity index (χ2n) is 7.62. The summed E-state index contributed by atoms with van der Waals surface area (Å²) in [7, 11) is 0. The zero-order valence-electron chi connectivity index (χ0n) is 16.7. The van der Waals surface area contributed by atoms with Gasteiger partial charge in [0.25, 0.3) is 0 Å². The van der Waals surface area contributed by atoms with Gasteiger partial charge in [-0.2, -0.15) is 4.98 Å². The first-order valence-electron chi connectivity index (χ1n) is 9.56. The number of hydrogen-bond acceptors (Lipinski definition) is 6. The summed E-state index contributed by atoms with van der Waals surface area (Å²) in [5, 5.41) is 13.3. The smallest absolute Gasteiger partial charge is 0.237 e. The van der Waals surface area contributed by atoms with E-state index in [0.29, 0.717) is 46.6 Å². The van der Waals surface area contributed by atoms with E-state index >= 15 is 0 Å². The summed E-state index contributed by atoms with van der Waals surface area (Å²) >= 11 is 1.47. The van der Waals surface area contributed by atoms with Gasteiger partial charge in [-0.05, 0) is 30.4 Å². The van der Waals surface area contributed by atoms with Crippen LogP contribution in [0.3, 0.4) is 0 Å². The molecule has 0 atom stereocenters. The Morgan fingerprint density at radius 1 is 1.11 bits per heavy atom. The topological polar surface area (TPSA) is 69.6 Å². The molecule has 6 nitrogen and oxygen atoms in total. The molecule has 0 spiro atoms. The Hall–Kier alpha value is -2.22. The molecule has 0 aliphatic heterocycles. The first-order valence-corrected chi connectivity index (χ1v) is 10.5. The maximum Gasteiger partial charge on any atom is 0.237 e. The van der Waals surface area contributed by atoms with Crippen LogP contribution in [0.2, 0.25) is 0 Å². The molecule has 0 N–H and O–H groups in total. The minimum Gasteiger partial charge on any atom is -0.338 e. The maximum atomic E-state index is 14.3. The van der Waals surface area contributed by atoms with Crippen molar-refractivity contribution in [1.82, 2.24) is 24.9 Å². The van der Waals surface area contributed by atoms with Gasteiger partial charge in [0.2, 0.25) is 5.89 Å². The van der Waals surface area contributed by atoms with Gasteiger partial charge >= 0.3 is 0 Å². The molecule has 0 amide bonds. The van der Waals surface area contributed by atoms with E-state index in [-0.39, 0.29) is 5.82 Å². The average Bonchev–Trinajstić information content (AvgIpc) is 3.25. The number of benzene rings is 1. The first kappa shape index (κ1) is 20.5. The fraction of sp³-hybridized carbons (Fsp3) is 0.500. The normalized spacial score (nSPS) is 11.7. The molecule has 3 rings (SSSR count). The van der Waals surface area contributed by atoms with Crippen LogP contribution in [0.4, 0.5) is 4.39 Å². The Morgan fingerprint density at radius 3 is 2.61 bits per heavy atom. The third-order valence-corrected chi connectivity index (χ3v) is 5.11. The van der Waals surface area contributed by atoms with Gasteiger partial charge in [0.05, 0.1) is 11.3 Å². The van der Waals surface area contributed by atoms with Gasteiger partial charge < -0.3 is 9.09 Å². The standard InChI is InChI=1S/C20H26FN5OS/c1-13(2)9-10-17-22-18(27-25-17)12-28-20-24-23-19(26(20)11-14(3)4)15-7-5-6-8-16(15)21/h5-8,13-14H,9-12H2,1-4H3. The molecule has 0 saturated heterocycles. The summed E-state index contributed by atoms with van der Waals surface area (Å²) in [5.74, 6) is 3.01. The highest BCUT2D eigenvalue weighted by atomic mass is 32.2. The van der Waals surface area contributed by atoms with Crippen LogP contribution in [0.1, 0.15) is 45.8 Å². The Balaban J connectivity index is 1.76. The van der Waals surface area contributed by atoms with Crippen molar-refractivity contribution in [2.75, 3.05) is 0 Å². The number of nitrogens with zero attached hydrogens (tertiary/aromatic N) is 5. The molecular weight excluding hydrogens is 377 g/mol. The van der Waals surface area contributed by atoms with Crippen molar-refractivity contribution in [2.45, 2.75) is 58.0 Å². The van der Waals surface area contributed by atoms with Crippen LogP contribution >= 0.6 is 11.8 Å². The monoisotopic (exact) mass is 403 g/mol. The van der Waals surface area contributed by atoms with Crippen LogP contribution in [-0.4, -0.2) is 24.9 Å². The largest absolute Gasteiger partial charge is 0.338 e. The van der Waals surface area contributed by atoms with E-state index < -0.39 is 0 Å². The lowest BCUT2D eigenvalue weighted by Gasteiger charge is -2.12. The quantitative estimate of drug-likeness (QED) is 0.468. The molecule has 2 heterocycles. The van der Waals surface area contributed by atoms with Crippen molar-refractivity contribution in [3.63, 3.8) is 0 Å². The lowest BCUT2D eigenvalue weighted by molar-refractivity contribution is 0.383. The van der Waals surface area contributed by atoms with E-state index in [1.54, 1.807) is 18.2 Å². The lowest BCUT2D eigenvalue weighted by Crippen LogP contribution is -2.08. The van der Waals surface area contributed by atoms with Gasteiger partial charge in [0, 0.05) is 13.0 Å². The van der Waals surface area contributed by atoms with Crippen molar-refractivity contribution < 1.29 is 8.91 Å². The third-order valence-electron chi connectivity index (χ3n) is 4.16. The van der Waals surface area contributed by atoms with E-state index in [2.05, 4.69) is 48.0 Å². The Bertz CT molecular complexity index is 906. The third kappa shape index (κ3) is 5.19. The SMILES string of the molecule is CC(C)CCc1noc(CSc2nnc(-c3ccccc3F)n2CC(C)C)n1. The van der Waals surface area contributed by atoms with Gasteiger partial charge in [-0.25, -0.2) is 4.39 Å². The lowest BCUT2D eigenvalue weighted by atomic mass is 10.1. The molecule has 150 valence electrons. The molecule has 0 bridgehead atoms. The molecule has 3 aromatic rings. The predicted molar refractivity (Wildman–Crippen MR) is 107 cm³/mol. The van der Waals surface area contributed by atoms with E-state index in [9.17, 15) is 4.39 Å². The van der Waals surface area contributed by atoms with Gasteiger partial charge in [0.15, 0.2) is 16.8 Å². The second kappa shape index (κ2) is 9.32. The van der Waals surface area contributed by atoms with Crippen LogP contribution in [0.15, 0.2) is 33.9 Å². The van der Waals surface area contributed by atoms with Gasteiger partial charge in [-0.1, -0.05) is 56.7 Å². The number of rotatable bonds is 9. The molecule has 0 fully saturated rings. The van der Waals surface area contributed by atoms with Gasteiger partial charge in [-0.3, -0.25) is 0 Å². The van der Waals surface area contributed by atoms with Crippen molar-refractivity contribution >= 4 is 11.8 Å². The van der Waals surface area contributed by atoms with Crippen LogP contribution in [0.25, 0.3) is 11.4 Å². The van der Waals surface area contributed by atoms with Crippen molar-refractivity contribution in [1.29, 1.82) is 0 Å². The summed E-state index contributed by atoms with van der Waals surface area (Å²) in [6, 6.07) is 6.64. The number of aryl methyl sites for hydroxylation is 1. The van der Waals surface area contributed by atoms with Crippen LogP contribution in [-0.2, 0) is 18.7 Å². The Labute approximate surface area is 168 Å². The number of aromatic nitrogens is 5. The fourth-order valence-corrected chi connectivity index (χ4v) is 3.55. The Kier molecular flexibility index (Phi) is 6.83. The predicted octanol–water partition coefficient (Wildman–Crippen LogP) is 5.00. The highest BCUT2D eigenvalue weighted by Crippen LogP contribution is 2.28. The number of hydrogen-bond donors (Lipinski definition) is 0. The second-order valence-corrected chi connectivity index (χ2v) is 8.56. The minimum absolute atomic E-state index is 0.303. The van der Waals surface area contributed by atoms with Crippen molar-refractivity contribution in [2.24, 2.45) is 11.8 Å². The molecule has 28 heavy (non-hydrogen) atoms. The van der Waals surface area contributed by atoms with E-state index in [1.807, 2.05) is 4.57 Å². The Morgan fingerprint density at radius 2 is 1.89 bits per heavy atom. The number of thioether (sulfide) groups is 1. The fourth-order valence-electron chi connectivity index (χ4n) is 2.76. The highest BCUT2D eigenvalue weighted by molar-refractivity contribution is 7.98. The van der Waals surface area contributed by atoms with E-state index in [0.717, 1.165) is 18.7 Å². The van der Waals surface area contributed by atoms with E-state index in [4.69, 9.17) is 4.52 Å². The van der Waals surface area contributed by atoms with E-state index in [1.165, 1.54) is 17.8 Å².